The molecule has 0 aliphatic carbocycles. The van der Waals surface area contributed by atoms with E-state index in [2.05, 4.69) is 47.7 Å². The molecule has 1 aliphatic heterocycles. The van der Waals surface area contributed by atoms with Crippen molar-refractivity contribution in [3.63, 3.8) is 0 Å². The summed E-state index contributed by atoms with van der Waals surface area (Å²) < 4.78 is 2.32. The quantitative estimate of drug-likeness (QED) is 0.910. The molecule has 3 heteroatoms. The van der Waals surface area contributed by atoms with Gasteiger partial charge in [0.1, 0.15) is 0 Å². The zero-order valence-electron chi connectivity index (χ0n) is 12.7. The van der Waals surface area contributed by atoms with Gasteiger partial charge >= 0.3 is 0 Å². The van der Waals surface area contributed by atoms with Gasteiger partial charge in [-0.05, 0) is 38.3 Å². The van der Waals surface area contributed by atoms with Crippen LogP contribution in [0.4, 0.5) is 0 Å². The lowest BCUT2D eigenvalue weighted by atomic mass is 9.94. The summed E-state index contributed by atoms with van der Waals surface area (Å²) in [5.74, 6) is 0. The van der Waals surface area contributed by atoms with E-state index in [1.165, 1.54) is 22.2 Å². The molecule has 1 N–H and O–H groups in total. The number of para-hydroxylation sites is 1. The van der Waals surface area contributed by atoms with Crippen molar-refractivity contribution < 1.29 is 5.11 Å². The van der Waals surface area contributed by atoms with Crippen LogP contribution < -0.4 is 0 Å². The summed E-state index contributed by atoms with van der Waals surface area (Å²) in [5.41, 5.74) is 3.56. The average Bonchev–Trinajstić information content (AvgIpc) is 2.70. The van der Waals surface area contributed by atoms with Crippen LogP contribution in [0.1, 0.15) is 31.0 Å². The van der Waals surface area contributed by atoms with E-state index in [1.54, 1.807) is 0 Å². The lowest BCUT2D eigenvalue weighted by molar-refractivity contribution is -0.00771. The maximum Gasteiger partial charge on any atom is 0.0644 e. The molecule has 0 saturated carbocycles. The molecular formula is C17H24N2O. The van der Waals surface area contributed by atoms with Gasteiger partial charge in [-0.15, -0.1) is 0 Å². The van der Waals surface area contributed by atoms with Gasteiger partial charge in [0.2, 0.25) is 0 Å². The Morgan fingerprint density at radius 2 is 1.95 bits per heavy atom. The predicted octanol–water partition coefficient (Wildman–Crippen LogP) is 2.83. The highest BCUT2D eigenvalue weighted by molar-refractivity contribution is 5.84. The van der Waals surface area contributed by atoms with Crippen LogP contribution in [0.3, 0.4) is 0 Å². The number of hydrogen-bond donors (Lipinski definition) is 1. The maximum absolute atomic E-state index is 10.0. The second-order valence-corrected chi connectivity index (χ2v) is 6.48. The standard InChI is InChI=1S/C17H24N2O/c1-13-5-4-6-14-11-15(18(3)16(13)14)12-19-9-7-17(2,20)8-10-19/h4-6,11,20H,7-10,12H2,1-3H3. The Balaban J connectivity index is 1.82. The number of rotatable bonds is 2. The van der Waals surface area contributed by atoms with E-state index >= 15 is 0 Å². The lowest BCUT2D eigenvalue weighted by Crippen LogP contribution is -2.42. The van der Waals surface area contributed by atoms with Crippen molar-refractivity contribution in [2.45, 2.75) is 38.8 Å². The molecule has 3 rings (SSSR count). The maximum atomic E-state index is 10.0. The number of nitrogens with zero attached hydrogens (tertiary/aromatic N) is 2. The van der Waals surface area contributed by atoms with Gasteiger partial charge in [0, 0.05) is 37.8 Å². The first-order valence-electron chi connectivity index (χ1n) is 7.45. The third-order valence-corrected chi connectivity index (χ3v) is 4.68. The summed E-state index contributed by atoms with van der Waals surface area (Å²) >= 11 is 0. The molecule has 0 spiro atoms. The zero-order valence-corrected chi connectivity index (χ0v) is 12.7. The summed E-state index contributed by atoms with van der Waals surface area (Å²) in [6.07, 6.45) is 1.74. The Kier molecular flexibility index (Phi) is 3.35. The predicted molar refractivity (Wildman–Crippen MR) is 82.8 cm³/mol. The molecule has 1 aromatic heterocycles. The Morgan fingerprint density at radius 3 is 2.60 bits per heavy atom. The molecule has 108 valence electrons. The van der Waals surface area contributed by atoms with Crippen LogP contribution in [0.5, 0.6) is 0 Å². The van der Waals surface area contributed by atoms with Gasteiger partial charge in [-0.2, -0.15) is 0 Å². The van der Waals surface area contributed by atoms with Gasteiger partial charge in [0.05, 0.1) is 11.1 Å². The second kappa shape index (κ2) is 4.90. The highest BCUT2D eigenvalue weighted by atomic mass is 16.3. The van der Waals surface area contributed by atoms with Gasteiger partial charge in [-0.1, -0.05) is 18.2 Å². The van der Waals surface area contributed by atoms with Crippen molar-refractivity contribution in [1.29, 1.82) is 0 Å². The zero-order chi connectivity index (χ0) is 14.3. The molecule has 1 fully saturated rings. The minimum absolute atomic E-state index is 0.466. The van der Waals surface area contributed by atoms with Crippen molar-refractivity contribution in [2.75, 3.05) is 13.1 Å². The third-order valence-electron chi connectivity index (χ3n) is 4.68. The van der Waals surface area contributed by atoms with Gasteiger partial charge in [0.25, 0.3) is 0 Å². The number of aromatic nitrogens is 1. The number of benzene rings is 1. The van der Waals surface area contributed by atoms with Gasteiger partial charge in [-0.25, -0.2) is 0 Å². The van der Waals surface area contributed by atoms with Crippen LogP contribution in [-0.4, -0.2) is 33.3 Å². The van der Waals surface area contributed by atoms with Crippen LogP contribution in [-0.2, 0) is 13.6 Å². The van der Waals surface area contributed by atoms with E-state index in [0.717, 1.165) is 32.5 Å². The average molecular weight is 272 g/mol. The molecule has 1 aliphatic rings. The highest BCUT2D eigenvalue weighted by Crippen LogP contribution is 2.26. The van der Waals surface area contributed by atoms with Crippen molar-refractivity contribution in [3.8, 4) is 0 Å². The molecule has 0 amide bonds. The largest absolute Gasteiger partial charge is 0.390 e. The normalized spacial score (nSPS) is 19.6. The first-order valence-corrected chi connectivity index (χ1v) is 7.45. The molecule has 0 atom stereocenters. The smallest absolute Gasteiger partial charge is 0.0644 e. The summed E-state index contributed by atoms with van der Waals surface area (Å²) in [5, 5.41) is 11.4. The number of aliphatic hydroxyl groups is 1. The van der Waals surface area contributed by atoms with Crippen molar-refractivity contribution in [3.05, 3.63) is 35.5 Å². The first-order chi connectivity index (χ1) is 9.46. The summed E-state index contributed by atoms with van der Waals surface area (Å²) in [6.45, 7) is 7.05. The molecule has 3 nitrogen and oxygen atoms in total. The van der Waals surface area contributed by atoms with E-state index in [1.807, 2.05) is 6.92 Å². The number of fused-ring (bicyclic) bond motifs is 1. The van der Waals surface area contributed by atoms with E-state index in [0.29, 0.717) is 0 Å². The Morgan fingerprint density at radius 1 is 1.25 bits per heavy atom. The lowest BCUT2D eigenvalue weighted by Gasteiger charge is -2.35. The van der Waals surface area contributed by atoms with Crippen LogP contribution in [0.25, 0.3) is 10.9 Å². The first kappa shape index (κ1) is 13.7. The number of aryl methyl sites for hydroxylation is 2. The fraction of sp³-hybridized carbons (Fsp3) is 0.529. The minimum Gasteiger partial charge on any atom is -0.390 e. The van der Waals surface area contributed by atoms with Crippen LogP contribution in [0, 0.1) is 6.92 Å². The van der Waals surface area contributed by atoms with Crippen LogP contribution >= 0.6 is 0 Å². The molecule has 2 aromatic rings. The van der Waals surface area contributed by atoms with Crippen molar-refractivity contribution in [2.24, 2.45) is 7.05 Å². The van der Waals surface area contributed by atoms with Gasteiger partial charge < -0.3 is 9.67 Å². The molecule has 0 radical (unpaired) electrons. The molecular weight excluding hydrogens is 248 g/mol. The monoisotopic (exact) mass is 272 g/mol. The molecule has 20 heavy (non-hydrogen) atoms. The van der Waals surface area contributed by atoms with E-state index < -0.39 is 5.60 Å². The number of hydrogen-bond acceptors (Lipinski definition) is 2. The van der Waals surface area contributed by atoms with E-state index in [9.17, 15) is 5.11 Å². The molecule has 0 bridgehead atoms. The third kappa shape index (κ3) is 2.48. The summed E-state index contributed by atoms with van der Waals surface area (Å²) in [6, 6.07) is 8.78. The van der Waals surface area contributed by atoms with Crippen LogP contribution in [0.15, 0.2) is 24.3 Å². The SMILES string of the molecule is Cc1cccc2cc(CN3CCC(C)(O)CC3)n(C)c12. The molecule has 2 heterocycles. The van der Waals surface area contributed by atoms with Gasteiger partial charge in [-0.3, -0.25) is 4.90 Å². The van der Waals surface area contributed by atoms with Crippen LogP contribution in [0.2, 0.25) is 0 Å². The van der Waals surface area contributed by atoms with Gasteiger partial charge in [0.15, 0.2) is 0 Å². The van der Waals surface area contributed by atoms with E-state index in [-0.39, 0.29) is 0 Å². The fourth-order valence-corrected chi connectivity index (χ4v) is 3.25. The summed E-state index contributed by atoms with van der Waals surface area (Å²) in [7, 11) is 2.16. The minimum atomic E-state index is -0.466. The summed E-state index contributed by atoms with van der Waals surface area (Å²) in [4.78, 5) is 2.45. The Bertz CT molecular complexity index is 617. The van der Waals surface area contributed by atoms with E-state index in [4.69, 9.17) is 0 Å². The topological polar surface area (TPSA) is 28.4 Å². The van der Waals surface area contributed by atoms with Crippen molar-refractivity contribution in [1.82, 2.24) is 9.47 Å². The Labute approximate surface area is 120 Å². The fourth-order valence-electron chi connectivity index (χ4n) is 3.25. The molecule has 0 unspecified atom stereocenters. The number of likely N-dealkylation sites (tertiary alicyclic amines) is 1. The second-order valence-electron chi connectivity index (χ2n) is 6.48. The Hall–Kier alpha value is -1.32. The number of piperidine rings is 1. The molecule has 1 aromatic carbocycles. The van der Waals surface area contributed by atoms with Crippen molar-refractivity contribution >= 4 is 10.9 Å². The molecule has 1 saturated heterocycles. The highest BCUT2D eigenvalue weighted by Gasteiger charge is 2.27.